The summed E-state index contributed by atoms with van der Waals surface area (Å²) in [5, 5.41) is 3.08. The Morgan fingerprint density at radius 2 is 2.36 bits per heavy atom. The van der Waals surface area contributed by atoms with E-state index in [1.807, 2.05) is 11.8 Å². The van der Waals surface area contributed by atoms with Crippen LogP contribution in [0.2, 0.25) is 0 Å². The molecule has 0 saturated heterocycles. The number of nitrogens with one attached hydrogen (secondary N) is 1. The van der Waals surface area contributed by atoms with E-state index in [-0.39, 0.29) is 0 Å². The van der Waals surface area contributed by atoms with E-state index >= 15 is 0 Å². The predicted molar refractivity (Wildman–Crippen MR) is 53.1 cm³/mol. The molecule has 0 aromatic heterocycles. The molecule has 1 unspecified atom stereocenters. The number of guanidine groups is 1. The lowest BCUT2D eigenvalue weighted by atomic mass is 10.3. The lowest BCUT2D eigenvalue weighted by Crippen LogP contribution is -2.38. The van der Waals surface area contributed by atoms with Crippen molar-refractivity contribution >= 4 is 17.7 Å². The summed E-state index contributed by atoms with van der Waals surface area (Å²) in [6.45, 7) is 2.11. The molecule has 3 nitrogen and oxygen atoms in total. The van der Waals surface area contributed by atoms with Gasteiger partial charge in [0, 0.05) is 13.1 Å². The molecular formula is C7H17N3S. The van der Waals surface area contributed by atoms with Crippen LogP contribution in [-0.2, 0) is 0 Å². The largest absolute Gasteiger partial charge is 0.370 e. The molecule has 4 heteroatoms. The maximum absolute atomic E-state index is 5.48. The second kappa shape index (κ2) is 6.34. The van der Waals surface area contributed by atoms with Crippen LogP contribution in [0.5, 0.6) is 0 Å². The Morgan fingerprint density at radius 1 is 1.73 bits per heavy atom. The highest BCUT2D eigenvalue weighted by molar-refractivity contribution is 7.98. The van der Waals surface area contributed by atoms with E-state index in [1.54, 1.807) is 7.05 Å². The summed E-state index contributed by atoms with van der Waals surface area (Å²) in [6, 6.07) is 0.422. The summed E-state index contributed by atoms with van der Waals surface area (Å²) in [5.74, 6) is 1.68. The van der Waals surface area contributed by atoms with Crippen LogP contribution in [-0.4, -0.2) is 31.1 Å². The molecule has 0 spiro atoms. The third-order valence-corrected chi connectivity index (χ3v) is 2.03. The van der Waals surface area contributed by atoms with Crippen molar-refractivity contribution in [1.29, 1.82) is 0 Å². The van der Waals surface area contributed by atoms with Gasteiger partial charge < -0.3 is 11.1 Å². The van der Waals surface area contributed by atoms with Crippen LogP contribution in [0.1, 0.15) is 13.3 Å². The van der Waals surface area contributed by atoms with Gasteiger partial charge in [0.15, 0.2) is 5.96 Å². The molecule has 3 N–H and O–H groups in total. The summed E-state index contributed by atoms with van der Waals surface area (Å²) in [6.07, 6.45) is 3.22. The normalized spacial score (nSPS) is 14.6. The van der Waals surface area contributed by atoms with Gasteiger partial charge >= 0.3 is 0 Å². The molecule has 0 saturated carbocycles. The highest BCUT2D eigenvalue weighted by Gasteiger charge is 2.00. The van der Waals surface area contributed by atoms with Gasteiger partial charge in [0.1, 0.15) is 0 Å². The highest BCUT2D eigenvalue weighted by atomic mass is 32.2. The lowest BCUT2D eigenvalue weighted by Gasteiger charge is -2.12. The van der Waals surface area contributed by atoms with Gasteiger partial charge in [0.05, 0.1) is 0 Å². The third-order valence-electron chi connectivity index (χ3n) is 1.39. The van der Waals surface area contributed by atoms with E-state index in [0.29, 0.717) is 12.0 Å². The fraction of sp³-hybridized carbons (Fsp3) is 0.857. The Labute approximate surface area is 72.8 Å². The van der Waals surface area contributed by atoms with Crippen molar-refractivity contribution in [2.45, 2.75) is 19.4 Å². The van der Waals surface area contributed by atoms with Gasteiger partial charge in [0.2, 0.25) is 0 Å². The molecule has 0 aliphatic rings. The Kier molecular flexibility index (Phi) is 6.12. The average Bonchev–Trinajstić information content (AvgIpc) is 2.00. The lowest BCUT2D eigenvalue weighted by molar-refractivity contribution is 0.643. The summed E-state index contributed by atoms with van der Waals surface area (Å²) in [5.41, 5.74) is 5.48. The van der Waals surface area contributed by atoms with E-state index in [9.17, 15) is 0 Å². The van der Waals surface area contributed by atoms with Gasteiger partial charge in [-0.15, -0.1) is 0 Å². The Hall–Kier alpha value is -0.380. The fourth-order valence-electron chi connectivity index (χ4n) is 0.684. The third kappa shape index (κ3) is 6.04. The van der Waals surface area contributed by atoms with E-state index in [2.05, 4.69) is 23.5 Å². The standard InChI is InChI=1S/C7H17N3S/c1-6(4-5-11-3)10-7(8)9-2/h6H,4-5H2,1-3H3,(H3,8,9,10). The first-order valence-electron chi connectivity index (χ1n) is 3.68. The molecule has 0 aromatic carbocycles. The van der Waals surface area contributed by atoms with Crippen LogP contribution in [0.4, 0.5) is 0 Å². The van der Waals surface area contributed by atoms with Crippen molar-refractivity contribution in [3.63, 3.8) is 0 Å². The quantitative estimate of drug-likeness (QED) is 0.487. The number of nitrogens with zero attached hydrogens (tertiary/aromatic N) is 1. The monoisotopic (exact) mass is 175 g/mol. The second-order valence-corrected chi connectivity index (χ2v) is 3.42. The van der Waals surface area contributed by atoms with Crippen molar-refractivity contribution in [1.82, 2.24) is 5.32 Å². The zero-order chi connectivity index (χ0) is 8.69. The maximum Gasteiger partial charge on any atom is 0.188 e. The Morgan fingerprint density at radius 3 is 2.82 bits per heavy atom. The van der Waals surface area contributed by atoms with Gasteiger partial charge in [-0.2, -0.15) is 11.8 Å². The number of nitrogens with two attached hydrogens (primary N) is 1. The zero-order valence-corrected chi connectivity index (χ0v) is 8.24. The Balaban J connectivity index is 3.43. The molecule has 0 bridgehead atoms. The van der Waals surface area contributed by atoms with Gasteiger partial charge in [-0.05, 0) is 25.4 Å². The second-order valence-electron chi connectivity index (χ2n) is 2.44. The molecule has 66 valence electrons. The number of thioether (sulfide) groups is 1. The van der Waals surface area contributed by atoms with Crippen molar-refractivity contribution in [2.75, 3.05) is 19.1 Å². The predicted octanol–water partition coefficient (Wildman–Crippen LogP) is 0.662. The molecule has 0 amide bonds. The van der Waals surface area contributed by atoms with Crippen molar-refractivity contribution in [3.05, 3.63) is 0 Å². The molecule has 1 atom stereocenters. The van der Waals surface area contributed by atoms with Gasteiger partial charge in [-0.3, -0.25) is 4.99 Å². The van der Waals surface area contributed by atoms with Crippen LogP contribution in [0, 0.1) is 0 Å². The molecule has 0 fully saturated rings. The first kappa shape index (κ1) is 10.6. The average molecular weight is 175 g/mol. The first-order chi connectivity index (χ1) is 5.20. The topological polar surface area (TPSA) is 50.4 Å². The van der Waals surface area contributed by atoms with Crippen LogP contribution in [0.25, 0.3) is 0 Å². The minimum Gasteiger partial charge on any atom is -0.370 e. The van der Waals surface area contributed by atoms with Crippen molar-refractivity contribution < 1.29 is 0 Å². The highest BCUT2D eigenvalue weighted by Crippen LogP contribution is 1.98. The molecule has 0 aromatic rings. The molecule has 11 heavy (non-hydrogen) atoms. The SMILES string of the molecule is CN=C(N)NC(C)CCSC. The van der Waals surface area contributed by atoms with E-state index < -0.39 is 0 Å². The van der Waals surface area contributed by atoms with Crippen LogP contribution in [0.3, 0.4) is 0 Å². The summed E-state index contributed by atoms with van der Waals surface area (Å²) in [7, 11) is 1.68. The van der Waals surface area contributed by atoms with Gasteiger partial charge in [0.25, 0.3) is 0 Å². The summed E-state index contributed by atoms with van der Waals surface area (Å²) in [4.78, 5) is 3.81. The molecule has 0 rings (SSSR count). The number of rotatable bonds is 4. The molecular weight excluding hydrogens is 158 g/mol. The molecule has 0 aliphatic heterocycles. The fourth-order valence-corrected chi connectivity index (χ4v) is 1.27. The van der Waals surface area contributed by atoms with Crippen molar-refractivity contribution in [3.8, 4) is 0 Å². The van der Waals surface area contributed by atoms with Crippen molar-refractivity contribution in [2.24, 2.45) is 10.7 Å². The summed E-state index contributed by atoms with van der Waals surface area (Å²) < 4.78 is 0. The van der Waals surface area contributed by atoms with Gasteiger partial charge in [-0.25, -0.2) is 0 Å². The van der Waals surface area contributed by atoms with E-state index in [0.717, 1.165) is 12.2 Å². The molecule has 0 aliphatic carbocycles. The summed E-state index contributed by atoms with van der Waals surface area (Å²) >= 11 is 1.84. The Bertz CT molecular complexity index is 125. The minimum absolute atomic E-state index is 0.422. The first-order valence-corrected chi connectivity index (χ1v) is 5.07. The van der Waals surface area contributed by atoms with Crippen LogP contribution < -0.4 is 11.1 Å². The van der Waals surface area contributed by atoms with Crippen LogP contribution >= 0.6 is 11.8 Å². The number of hydrogen-bond acceptors (Lipinski definition) is 2. The zero-order valence-electron chi connectivity index (χ0n) is 7.42. The number of aliphatic imine (C=N–C) groups is 1. The molecule has 0 heterocycles. The van der Waals surface area contributed by atoms with E-state index in [4.69, 9.17) is 5.73 Å². The minimum atomic E-state index is 0.422. The van der Waals surface area contributed by atoms with Gasteiger partial charge in [-0.1, -0.05) is 0 Å². The van der Waals surface area contributed by atoms with E-state index in [1.165, 1.54) is 0 Å². The number of hydrogen-bond donors (Lipinski definition) is 2. The maximum atomic E-state index is 5.48. The smallest absolute Gasteiger partial charge is 0.188 e. The molecule has 0 radical (unpaired) electrons. The van der Waals surface area contributed by atoms with Crippen LogP contribution in [0.15, 0.2) is 4.99 Å².